The zero-order chi connectivity index (χ0) is 16.7. The first kappa shape index (κ1) is 20.6. The highest BCUT2D eigenvalue weighted by Gasteiger charge is 2.06. The minimum atomic E-state index is -0.00794. The molecule has 2 rings (SSSR count). The van der Waals surface area contributed by atoms with E-state index in [-0.39, 0.29) is 30.1 Å². The van der Waals surface area contributed by atoms with Gasteiger partial charge in [-0.25, -0.2) is 0 Å². The summed E-state index contributed by atoms with van der Waals surface area (Å²) in [4.78, 5) is 4.20. The third kappa shape index (κ3) is 6.56. The summed E-state index contributed by atoms with van der Waals surface area (Å²) in [5, 5.41) is 11.3. The molecule has 0 radical (unpaired) electrons. The van der Waals surface area contributed by atoms with Crippen LogP contribution in [0.25, 0.3) is 0 Å². The molecule has 132 valence electrons. The van der Waals surface area contributed by atoms with Gasteiger partial charge in [0.2, 0.25) is 0 Å². The van der Waals surface area contributed by atoms with E-state index in [1.54, 1.807) is 13.2 Å². The van der Waals surface area contributed by atoms with Gasteiger partial charge >= 0.3 is 0 Å². The Labute approximate surface area is 164 Å². The highest BCUT2D eigenvalue weighted by Crippen LogP contribution is 2.16. The Hall–Kier alpha value is -1.48. The molecule has 1 atom stereocenters. The summed E-state index contributed by atoms with van der Waals surface area (Å²) in [5.41, 5.74) is 1.08. The molecule has 8 heteroatoms. The summed E-state index contributed by atoms with van der Waals surface area (Å²) >= 11 is 5.86. The summed E-state index contributed by atoms with van der Waals surface area (Å²) in [6.07, 6.45) is 1.77. The van der Waals surface area contributed by atoms with Crippen LogP contribution in [0.2, 0.25) is 5.02 Å². The Morgan fingerprint density at radius 3 is 2.58 bits per heavy atom. The molecule has 1 heterocycles. The van der Waals surface area contributed by atoms with Crippen molar-refractivity contribution in [1.29, 1.82) is 0 Å². The fourth-order valence-corrected chi connectivity index (χ4v) is 2.12. The number of hydrogen-bond acceptors (Lipinski definition) is 3. The molecular formula is C16H23ClIN5O. The minimum Gasteiger partial charge on any atom is -0.489 e. The Kier molecular flexibility index (Phi) is 8.91. The first-order valence-electron chi connectivity index (χ1n) is 7.42. The Balaban J connectivity index is 0.00000288. The molecule has 24 heavy (non-hydrogen) atoms. The normalized spacial score (nSPS) is 12.2. The van der Waals surface area contributed by atoms with Crippen LogP contribution in [0.5, 0.6) is 5.75 Å². The van der Waals surface area contributed by atoms with Crippen molar-refractivity contribution in [2.45, 2.75) is 19.6 Å². The largest absolute Gasteiger partial charge is 0.489 e. The average molecular weight is 464 g/mol. The van der Waals surface area contributed by atoms with Gasteiger partial charge in [0, 0.05) is 25.3 Å². The van der Waals surface area contributed by atoms with Gasteiger partial charge in [-0.15, -0.1) is 24.0 Å². The summed E-state index contributed by atoms with van der Waals surface area (Å²) in [5.74, 6) is 1.51. The van der Waals surface area contributed by atoms with Crippen LogP contribution in [-0.4, -0.2) is 35.4 Å². The van der Waals surface area contributed by atoms with Crippen LogP contribution in [0.4, 0.5) is 0 Å². The lowest BCUT2D eigenvalue weighted by Crippen LogP contribution is -2.41. The predicted octanol–water partition coefficient (Wildman–Crippen LogP) is 2.82. The molecule has 0 aliphatic rings. The first-order chi connectivity index (χ1) is 11.1. The lowest BCUT2D eigenvalue weighted by Gasteiger charge is -2.17. The number of benzene rings is 1. The second-order valence-corrected chi connectivity index (χ2v) is 5.57. The monoisotopic (exact) mass is 463 g/mol. The molecule has 0 spiro atoms. The number of hydrogen-bond donors (Lipinski definition) is 2. The van der Waals surface area contributed by atoms with Crippen molar-refractivity contribution in [3.8, 4) is 5.75 Å². The molecular weight excluding hydrogens is 441 g/mol. The van der Waals surface area contributed by atoms with Crippen LogP contribution in [0, 0.1) is 0 Å². The maximum absolute atomic E-state index is 5.86. The smallest absolute Gasteiger partial charge is 0.191 e. The van der Waals surface area contributed by atoms with Crippen molar-refractivity contribution >= 4 is 41.5 Å². The van der Waals surface area contributed by atoms with E-state index in [0.29, 0.717) is 18.1 Å². The second kappa shape index (κ2) is 10.4. The van der Waals surface area contributed by atoms with Crippen molar-refractivity contribution in [3.05, 3.63) is 47.2 Å². The number of aromatic nitrogens is 2. The summed E-state index contributed by atoms with van der Waals surface area (Å²) in [7, 11) is 3.65. The third-order valence-electron chi connectivity index (χ3n) is 3.29. The van der Waals surface area contributed by atoms with Gasteiger partial charge in [0.15, 0.2) is 5.96 Å². The van der Waals surface area contributed by atoms with E-state index in [4.69, 9.17) is 16.3 Å². The van der Waals surface area contributed by atoms with Crippen molar-refractivity contribution in [2.75, 3.05) is 13.6 Å². The van der Waals surface area contributed by atoms with Crippen molar-refractivity contribution in [2.24, 2.45) is 12.0 Å². The Morgan fingerprint density at radius 2 is 2.00 bits per heavy atom. The summed E-state index contributed by atoms with van der Waals surface area (Å²) < 4.78 is 7.64. The van der Waals surface area contributed by atoms with Crippen molar-refractivity contribution in [1.82, 2.24) is 20.4 Å². The SMILES string of the molecule is CN=C(NCc1ccnn1C)NCC(C)Oc1ccc(Cl)cc1.I. The maximum Gasteiger partial charge on any atom is 0.191 e. The molecule has 1 aromatic carbocycles. The number of ether oxygens (including phenoxy) is 1. The predicted molar refractivity (Wildman–Crippen MR) is 108 cm³/mol. The van der Waals surface area contributed by atoms with Gasteiger partial charge in [0.1, 0.15) is 11.9 Å². The molecule has 1 aromatic heterocycles. The number of halogens is 2. The summed E-state index contributed by atoms with van der Waals surface area (Å²) in [6.45, 7) is 3.28. The molecule has 0 aliphatic heterocycles. The lowest BCUT2D eigenvalue weighted by atomic mass is 10.3. The lowest BCUT2D eigenvalue weighted by molar-refractivity contribution is 0.224. The van der Waals surface area contributed by atoms with Gasteiger partial charge in [0.25, 0.3) is 0 Å². The molecule has 2 N–H and O–H groups in total. The van der Waals surface area contributed by atoms with Crippen LogP contribution in [0.3, 0.4) is 0 Å². The molecule has 0 fully saturated rings. The van der Waals surface area contributed by atoms with E-state index in [0.717, 1.165) is 17.4 Å². The molecule has 0 saturated carbocycles. The number of aryl methyl sites for hydroxylation is 1. The number of rotatable bonds is 6. The van der Waals surface area contributed by atoms with Gasteiger partial charge in [-0.1, -0.05) is 11.6 Å². The maximum atomic E-state index is 5.86. The molecule has 0 amide bonds. The molecule has 0 aliphatic carbocycles. The van der Waals surface area contributed by atoms with Gasteiger partial charge in [-0.3, -0.25) is 9.67 Å². The van der Waals surface area contributed by atoms with Gasteiger partial charge in [0.05, 0.1) is 18.8 Å². The Morgan fingerprint density at radius 1 is 1.29 bits per heavy atom. The van der Waals surface area contributed by atoms with Crippen LogP contribution in [0.1, 0.15) is 12.6 Å². The number of nitrogens with zero attached hydrogens (tertiary/aromatic N) is 3. The highest BCUT2D eigenvalue weighted by molar-refractivity contribution is 14.0. The average Bonchev–Trinajstić information content (AvgIpc) is 2.95. The van der Waals surface area contributed by atoms with Crippen LogP contribution >= 0.6 is 35.6 Å². The van der Waals surface area contributed by atoms with Crippen LogP contribution in [-0.2, 0) is 13.6 Å². The van der Waals surface area contributed by atoms with Gasteiger partial charge in [-0.05, 0) is 37.3 Å². The fraction of sp³-hybridized carbons (Fsp3) is 0.375. The van der Waals surface area contributed by atoms with E-state index in [2.05, 4.69) is 20.7 Å². The second-order valence-electron chi connectivity index (χ2n) is 5.14. The quantitative estimate of drug-likeness (QED) is 0.393. The fourth-order valence-electron chi connectivity index (χ4n) is 2.00. The third-order valence-corrected chi connectivity index (χ3v) is 3.54. The molecule has 0 bridgehead atoms. The van der Waals surface area contributed by atoms with Gasteiger partial charge in [-0.2, -0.15) is 5.10 Å². The molecule has 0 saturated heterocycles. The first-order valence-corrected chi connectivity index (χ1v) is 7.80. The van der Waals surface area contributed by atoms with Gasteiger partial charge < -0.3 is 15.4 Å². The zero-order valence-corrected chi connectivity index (χ0v) is 17.1. The van der Waals surface area contributed by atoms with E-state index >= 15 is 0 Å². The van der Waals surface area contributed by atoms with E-state index in [1.165, 1.54) is 0 Å². The number of aliphatic imine (C=N–C) groups is 1. The zero-order valence-electron chi connectivity index (χ0n) is 14.0. The molecule has 1 unspecified atom stereocenters. The highest BCUT2D eigenvalue weighted by atomic mass is 127. The van der Waals surface area contributed by atoms with E-state index < -0.39 is 0 Å². The minimum absolute atomic E-state index is 0. The Bertz CT molecular complexity index is 644. The van der Waals surface area contributed by atoms with Crippen LogP contribution in [0.15, 0.2) is 41.5 Å². The van der Waals surface area contributed by atoms with E-state index in [1.807, 2.05) is 49.0 Å². The number of nitrogens with one attached hydrogen (secondary N) is 2. The topological polar surface area (TPSA) is 63.5 Å². The van der Waals surface area contributed by atoms with E-state index in [9.17, 15) is 0 Å². The standard InChI is InChI=1S/C16H22ClN5O.HI/c1-12(23-15-6-4-13(17)5-7-15)10-19-16(18-2)20-11-14-8-9-21-22(14)3;/h4-9,12H,10-11H2,1-3H3,(H2,18,19,20);1H. The molecule has 2 aromatic rings. The van der Waals surface area contributed by atoms with Crippen molar-refractivity contribution < 1.29 is 4.74 Å². The number of guanidine groups is 1. The molecule has 6 nitrogen and oxygen atoms in total. The summed E-state index contributed by atoms with van der Waals surface area (Å²) in [6, 6.07) is 9.30. The van der Waals surface area contributed by atoms with Crippen molar-refractivity contribution in [3.63, 3.8) is 0 Å². The van der Waals surface area contributed by atoms with Crippen LogP contribution < -0.4 is 15.4 Å².